The minimum absolute atomic E-state index is 0.0767. The van der Waals surface area contributed by atoms with E-state index in [0.717, 1.165) is 43.7 Å². The quantitative estimate of drug-likeness (QED) is 0.769. The summed E-state index contributed by atoms with van der Waals surface area (Å²) in [6, 6.07) is 16.1. The largest absolute Gasteiger partial charge is 0.334 e. The van der Waals surface area contributed by atoms with Gasteiger partial charge >= 0.3 is 0 Å². The van der Waals surface area contributed by atoms with E-state index in [1.165, 1.54) is 21.7 Å². The number of nitrogens with zero attached hydrogens (tertiary/aromatic N) is 3. The monoisotopic (exact) mass is 413 g/mol. The molecule has 1 fully saturated rings. The van der Waals surface area contributed by atoms with Crippen molar-refractivity contribution in [1.29, 1.82) is 0 Å². The van der Waals surface area contributed by atoms with Gasteiger partial charge in [-0.1, -0.05) is 36.4 Å². The Morgan fingerprint density at radius 2 is 1.55 bits per heavy atom. The predicted molar refractivity (Wildman–Crippen MR) is 113 cm³/mol. The second-order valence-corrected chi connectivity index (χ2v) is 9.86. The normalized spacial score (nSPS) is 18.4. The number of fused-ring (bicyclic) bond motifs is 1. The first-order chi connectivity index (χ1) is 13.9. The van der Waals surface area contributed by atoms with E-state index in [-0.39, 0.29) is 5.91 Å². The molecule has 4 rings (SSSR count). The molecule has 0 saturated carbocycles. The van der Waals surface area contributed by atoms with E-state index >= 15 is 0 Å². The van der Waals surface area contributed by atoms with Gasteiger partial charge in [-0.2, -0.15) is 4.31 Å². The minimum Gasteiger partial charge on any atom is -0.334 e. The Bertz CT molecular complexity index is 981. The third kappa shape index (κ3) is 4.69. The average Bonchev–Trinajstić information content (AvgIpc) is 2.73. The number of sulfonamides is 1. The summed E-state index contributed by atoms with van der Waals surface area (Å²) < 4.78 is 24.8. The van der Waals surface area contributed by atoms with Gasteiger partial charge in [-0.25, -0.2) is 8.42 Å². The van der Waals surface area contributed by atoms with Gasteiger partial charge < -0.3 is 4.90 Å². The van der Waals surface area contributed by atoms with Crippen molar-refractivity contribution in [3.63, 3.8) is 0 Å². The molecule has 6 nitrogen and oxygen atoms in total. The number of hydrogen-bond acceptors (Lipinski definition) is 4. The summed E-state index contributed by atoms with van der Waals surface area (Å²) in [7, 11) is -3.10. The van der Waals surface area contributed by atoms with Gasteiger partial charge in [0.1, 0.15) is 0 Å². The lowest BCUT2D eigenvalue weighted by atomic mass is 9.99. The van der Waals surface area contributed by atoms with Gasteiger partial charge in [0.2, 0.25) is 10.0 Å². The van der Waals surface area contributed by atoms with Crippen LogP contribution >= 0.6 is 0 Å². The van der Waals surface area contributed by atoms with Gasteiger partial charge in [0.05, 0.1) is 6.26 Å². The van der Waals surface area contributed by atoms with Crippen LogP contribution in [-0.4, -0.2) is 67.4 Å². The third-order valence-corrected chi connectivity index (χ3v) is 7.13. The zero-order valence-corrected chi connectivity index (χ0v) is 17.6. The second-order valence-electron chi connectivity index (χ2n) is 7.88. The number of carbonyl (C=O) groups excluding carboxylic acids is 1. The highest BCUT2D eigenvalue weighted by atomic mass is 32.2. The molecular formula is C22H27N3O3S. The molecule has 0 bridgehead atoms. The van der Waals surface area contributed by atoms with Crippen molar-refractivity contribution < 1.29 is 13.2 Å². The van der Waals surface area contributed by atoms with Crippen LogP contribution in [0, 0.1) is 0 Å². The first-order valence-electron chi connectivity index (χ1n) is 10.0. The molecule has 7 heteroatoms. The highest BCUT2D eigenvalue weighted by Crippen LogP contribution is 2.21. The summed E-state index contributed by atoms with van der Waals surface area (Å²) in [6.07, 6.45) is 2.17. The van der Waals surface area contributed by atoms with Crippen LogP contribution in [0.3, 0.4) is 0 Å². The molecule has 0 aromatic heterocycles. The number of hydrogen-bond donors (Lipinski definition) is 0. The number of amides is 1. The molecule has 0 atom stereocenters. The Morgan fingerprint density at radius 3 is 2.21 bits per heavy atom. The van der Waals surface area contributed by atoms with Crippen molar-refractivity contribution in [3.8, 4) is 0 Å². The van der Waals surface area contributed by atoms with Gasteiger partial charge in [0.25, 0.3) is 5.91 Å². The molecule has 0 spiro atoms. The fourth-order valence-electron chi connectivity index (χ4n) is 4.08. The molecule has 2 aliphatic heterocycles. The maximum absolute atomic E-state index is 12.9. The van der Waals surface area contributed by atoms with Gasteiger partial charge in [-0.3, -0.25) is 9.69 Å². The Balaban J connectivity index is 1.34. The molecule has 2 aromatic rings. The Hall–Kier alpha value is -2.22. The molecule has 29 heavy (non-hydrogen) atoms. The van der Waals surface area contributed by atoms with Gasteiger partial charge in [0.15, 0.2) is 0 Å². The summed E-state index contributed by atoms with van der Waals surface area (Å²) in [5, 5.41) is 0. The highest BCUT2D eigenvalue weighted by Gasteiger charge is 2.24. The van der Waals surface area contributed by atoms with Crippen LogP contribution in [0.1, 0.15) is 27.0 Å². The van der Waals surface area contributed by atoms with Crippen LogP contribution in [0.25, 0.3) is 0 Å². The predicted octanol–water partition coefficient (Wildman–Crippen LogP) is 1.96. The summed E-state index contributed by atoms with van der Waals surface area (Å²) in [6.45, 7) is 4.70. The van der Waals surface area contributed by atoms with E-state index < -0.39 is 10.0 Å². The van der Waals surface area contributed by atoms with Gasteiger partial charge in [-0.05, 0) is 35.2 Å². The maximum atomic E-state index is 12.9. The third-order valence-electron chi connectivity index (χ3n) is 5.83. The van der Waals surface area contributed by atoms with Crippen LogP contribution in [0.15, 0.2) is 48.5 Å². The van der Waals surface area contributed by atoms with E-state index in [2.05, 4.69) is 23.1 Å². The van der Waals surface area contributed by atoms with Crippen molar-refractivity contribution in [2.75, 3.05) is 39.0 Å². The van der Waals surface area contributed by atoms with Crippen LogP contribution in [-0.2, 0) is 29.5 Å². The molecule has 1 saturated heterocycles. The van der Waals surface area contributed by atoms with Crippen LogP contribution in [0.4, 0.5) is 0 Å². The fraction of sp³-hybridized carbons (Fsp3) is 0.409. The minimum atomic E-state index is -3.10. The molecule has 1 amide bonds. The number of benzene rings is 2. The lowest BCUT2D eigenvalue weighted by molar-refractivity contribution is 0.0734. The molecule has 154 valence electrons. The fourth-order valence-corrected chi connectivity index (χ4v) is 4.91. The molecule has 2 aliphatic rings. The zero-order chi connectivity index (χ0) is 20.4. The van der Waals surface area contributed by atoms with Crippen LogP contribution in [0.5, 0.6) is 0 Å². The van der Waals surface area contributed by atoms with E-state index in [9.17, 15) is 13.2 Å². The smallest absolute Gasteiger partial charge is 0.254 e. The molecule has 0 aliphatic carbocycles. The Morgan fingerprint density at radius 1 is 0.897 bits per heavy atom. The molecule has 0 N–H and O–H groups in total. The number of carbonyl (C=O) groups is 1. The van der Waals surface area contributed by atoms with Crippen LogP contribution in [0.2, 0.25) is 0 Å². The maximum Gasteiger partial charge on any atom is 0.254 e. The highest BCUT2D eigenvalue weighted by molar-refractivity contribution is 7.88. The SMILES string of the molecule is CS(=O)(=O)N1CCN(Cc2ccc(C(=O)N3CCc4ccccc4C3)cc2)CC1. The molecule has 0 radical (unpaired) electrons. The van der Waals surface area contributed by atoms with E-state index in [0.29, 0.717) is 19.6 Å². The van der Waals surface area contributed by atoms with Crippen molar-refractivity contribution in [2.24, 2.45) is 0 Å². The average molecular weight is 414 g/mol. The first-order valence-corrected chi connectivity index (χ1v) is 11.9. The summed E-state index contributed by atoms with van der Waals surface area (Å²) >= 11 is 0. The van der Waals surface area contributed by atoms with Crippen molar-refractivity contribution in [3.05, 3.63) is 70.8 Å². The van der Waals surface area contributed by atoms with Gasteiger partial charge in [0, 0.05) is 51.4 Å². The van der Waals surface area contributed by atoms with Crippen LogP contribution < -0.4 is 0 Å². The number of rotatable bonds is 4. The standard InChI is InChI=1S/C22H27N3O3S/c1-29(27,28)25-14-12-23(13-15-25)16-18-6-8-20(9-7-18)22(26)24-11-10-19-4-2-3-5-21(19)17-24/h2-9H,10-17H2,1H3. The van der Waals surface area contributed by atoms with Crippen molar-refractivity contribution in [2.45, 2.75) is 19.5 Å². The van der Waals surface area contributed by atoms with E-state index in [1.807, 2.05) is 35.2 Å². The molecule has 2 aromatic carbocycles. The lowest BCUT2D eigenvalue weighted by Gasteiger charge is -2.33. The zero-order valence-electron chi connectivity index (χ0n) is 16.8. The Labute approximate surface area is 172 Å². The lowest BCUT2D eigenvalue weighted by Crippen LogP contribution is -2.47. The Kier molecular flexibility index (Phi) is 5.72. The van der Waals surface area contributed by atoms with E-state index in [4.69, 9.17) is 0 Å². The van der Waals surface area contributed by atoms with Crippen molar-refractivity contribution >= 4 is 15.9 Å². The molecule has 2 heterocycles. The van der Waals surface area contributed by atoms with E-state index in [1.54, 1.807) is 0 Å². The molecule has 0 unspecified atom stereocenters. The summed E-state index contributed by atoms with van der Waals surface area (Å²) in [5.41, 5.74) is 4.42. The number of piperazine rings is 1. The topological polar surface area (TPSA) is 60.9 Å². The first kappa shape index (κ1) is 20.1. The van der Waals surface area contributed by atoms with Crippen molar-refractivity contribution in [1.82, 2.24) is 14.1 Å². The molecular weight excluding hydrogens is 386 g/mol. The summed E-state index contributed by atoms with van der Waals surface area (Å²) in [4.78, 5) is 17.1. The second kappa shape index (κ2) is 8.26. The summed E-state index contributed by atoms with van der Waals surface area (Å²) in [5.74, 6) is 0.0767. The van der Waals surface area contributed by atoms with Gasteiger partial charge in [-0.15, -0.1) is 0 Å².